The summed E-state index contributed by atoms with van der Waals surface area (Å²) in [5.74, 6) is -0.290. The Labute approximate surface area is 106 Å². The first-order valence-corrected chi connectivity index (χ1v) is 7.44. The van der Waals surface area contributed by atoms with Gasteiger partial charge in [0.1, 0.15) is 21.7 Å². The maximum absolute atomic E-state index is 13.0. The molecule has 1 rings (SSSR count). The van der Waals surface area contributed by atoms with Crippen LogP contribution < -0.4 is 5.32 Å². The number of nitrogens with one attached hydrogen (secondary N) is 1. The minimum atomic E-state index is -2.95. The predicted octanol–water partition coefficient (Wildman–Crippen LogP) is 1.93. The Bertz CT molecular complexity index is 550. The minimum Gasteiger partial charge on any atom is -0.385 e. The van der Waals surface area contributed by atoms with Gasteiger partial charge in [-0.25, -0.2) is 12.8 Å². The van der Waals surface area contributed by atoms with Gasteiger partial charge in [0, 0.05) is 18.0 Å². The van der Waals surface area contributed by atoms with Crippen molar-refractivity contribution in [3.63, 3.8) is 0 Å². The fourth-order valence-electron chi connectivity index (χ4n) is 1.39. The van der Waals surface area contributed by atoms with E-state index >= 15 is 0 Å². The molecule has 1 N–H and O–H groups in total. The topological polar surface area (TPSA) is 70.0 Å². The van der Waals surface area contributed by atoms with E-state index in [0.717, 1.165) is 0 Å². The molecule has 1 aromatic rings. The van der Waals surface area contributed by atoms with Gasteiger partial charge in [-0.05, 0) is 24.6 Å². The highest BCUT2D eigenvalue weighted by molar-refractivity contribution is 7.91. The van der Waals surface area contributed by atoms with Gasteiger partial charge >= 0.3 is 0 Å². The summed E-state index contributed by atoms with van der Waals surface area (Å²) in [6.07, 6.45) is 0.482. The summed E-state index contributed by atoms with van der Waals surface area (Å²) in [4.78, 5) is 0. The first kappa shape index (κ1) is 14.5. The molecule has 18 heavy (non-hydrogen) atoms. The Kier molecular flexibility index (Phi) is 5.10. The lowest BCUT2D eigenvalue weighted by Crippen LogP contribution is -2.13. The van der Waals surface area contributed by atoms with E-state index in [9.17, 15) is 12.8 Å². The van der Waals surface area contributed by atoms with Crippen molar-refractivity contribution in [3.05, 3.63) is 29.6 Å². The number of anilines is 1. The second-order valence-corrected chi connectivity index (χ2v) is 6.30. The normalized spacial score (nSPS) is 10.9. The van der Waals surface area contributed by atoms with Gasteiger partial charge in [-0.1, -0.05) is 6.92 Å². The number of hydrogen-bond donors (Lipinski definition) is 1. The van der Waals surface area contributed by atoms with Crippen molar-refractivity contribution in [1.82, 2.24) is 0 Å². The molecule has 0 amide bonds. The van der Waals surface area contributed by atoms with Crippen molar-refractivity contribution in [2.24, 2.45) is 0 Å². The van der Waals surface area contributed by atoms with Crippen LogP contribution >= 0.6 is 0 Å². The number of rotatable bonds is 6. The molecular weight excluding hydrogens is 255 g/mol. The molecule has 1 aromatic carbocycles. The Morgan fingerprint density at radius 1 is 1.44 bits per heavy atom. The van der Waals surface area contributed by atoms with E-state index in [1.165, 1.54) is 18.2 Å². The van der Waals surface area contributed by atoms with Crippen molar-refractivity contribution in [2.75, 3.05) is 23.4 Å². The summed E-state index contributed by atoms with van der Waals surface area (Å²) in [5, 5.41) is 11.6. The summed E-state index contributed by atoms with van der Waals surface area (Å²) in [6.45, 7) is 2.08. The fourth-order valence-corrected chi connectivity index (χ4v) is 2.26. The number of sulfone groups is 1. The van der Waals surface area contributed by atoms with Crippen LogP contribution in [0.3, 0.4) is 0 Å². The molecule has 0 atom stereocenters. The molecular formula is C12H15FN2O2S. The summed E-state index contributed by atoms with van der Waals surface area (Å²) in [7, 11) is -2.95. The van der Waals surface area contributed by atoms with Gasteiger partial charge in [0.2, 0.25) is 0 Å². The largest absolute Gasteiger partial charge is 0.385 e. The maximum Gasteiger partial charge on any atom is 0.150 e. The molecule has 0 aromatic heterocycles. The molecule has 0 aliphatic carbocycles. The monoisotopic (exact) mass is 270 g/mol. The van der Waals surface area contributed by atoms with Gasteiger partial charge in [0.25, 0.3) is 0 Å². The highest BCUT2D eigenvalue weighted by Gasteiger charge is 2.06. The number of halogens is 1. The summed E-state index contributed by atoms with van der Waals surface area (Å²) in [6, 6.07) is 5.89. The van der Waals surface area contributed by atoms with Crippen molar-refractivity contribution in [2.45, 2.75) is 13.3 Å². The van der Waals surface area contributed by atoms with Crippen LogP contribution in [0.5, 0.6) is 0 Å². The Morgan fingerprint density at radius 3 is 2.78 bits per heavy atom. The number of hydrogen-bond acceptors (Lipinski definition) is 4. The Hall–Kier alpha value is -1.61. The molecule has 0 saturated heterocycles. The van der Waals surface area contributed by atoms with Gasteiger partial charge in [-0.3, -0.25) is 0 Å². The van der Waals surface area contributed by atoms with E-state index in [1.807, 2.05) is 0 Å². The van der Waals surface area contributed by atoms with Crippen LogP contribution in [0.4, 0.5) is 10.1 Å². The quantitative estimate of drug-likeness (QED) is 0.802. The van der Waals surface area contributed by atoms with Crippen molar-refractivity contribution in [1.29, 1.82) is 5.26 Å². The predicted molar refractivity (Wildman–Crippen MR) is 68.5 cm³/mol. The van der Waals surface area contributed by atoms with Crippen molar-refractivity contribution >= 4 is 15.5 Å². The van der Waals surface area contributed by atoms with Crippen LogP contribution in [0.2, 0.25) is 0 Å². The van der Waals surface area contributed by atoms with E-state index in [0.29, 0.717) is 18.7 Å². The SMILES string of the molecule is CCS(=O)(=O)CCCNc1ccc(F)c(C#N)c1. The van der Waals surface area contributed by atoms with Crippen LogP contribution in [0.25, 0.3) is 0 Å². The first-order valence-electron chi connectivity index (χ1n) is 5.62. The minimum absolute atomic E-state index is 0.0267. The van der Waals surface area contributed by atoms with Crippen LogP contribution in [-0.2, 0) is 9.84 Å². The molecule has 0 saturated carbocycles. The first-order chi connectivity index (χ1) is 8.48. The van der Waals surface area contributed by atoms with Gasteiger partial charge in [-0.2, -0.15) is 5.26 Å². The van der Waals surface area contributed by atoms with Crippen LogP contribution in [-0.4, -0.2) is 26.5 Å². The summed E-state index contributed by atoms with van der Waals surface area (Å²) < 4.78 is 35.5. The number of nitrogens with zero attached hydrogens (tertiary/aromatic N) is 1. The van der Waals surface area contributed by atoms with E-state index in [4.69, 9.17) is 5.26 Å². The van der Waals surface area contributed by atoms with Crippen molar-refractivity contribution < 1.29 is 12.8 Å². The molecule has 0 spiro atoms. The second-order valence-electron chi connectivity index (χ2n) is 3.82. The second kappa shape index (κ2) is 6.36. The van der Waals surface area contributed by atoms with Crippen molar-refractivity contribution in [3.8, 4) is 6.07 Å². The van der Waals surface area contributed by atoms with E-state index in [1.54, 1.807) is 13.0 Å². The highest BCUT2D eigenvalue weighted by atomic mass is 32.2. The van der Waals surface area contributed by atoms with Gasteiger partial charge in [0.15, 0.2) is 0 Å². The van der Waals surface area contributed by atoms with Gasteiger partial charge in [0.05, 0.1) is 11.3 Å². The van der Waals surface area contributed by atoms with Crippen LogP contribution in [0, 0.1) is 17.1 Å². The lowest BCUT2D eigenvalue weighted by Gasteiger charge is -2.07. The third-order valence-corrected chi connectivity index (χ3v) is 4.28. The zero-order chi connectivity index (χ0) is 13.6. The highest BCUT2D eigenvalue weighted by Crippen LogP contribution is 2.13. The fraction of sp³-hybridized carbons (Fsp3) is 0.417. The molecule has 0 bridgehead atoms. The van der Waals surface area contributed by atoms with Crippen LogP contribution in [0.15, 0.2) is 18.2 Å². The summed E-state index contributed by atoms with van der Waals surface area (Å²) >= 11 is 0. The smallest absolute Gasteiger partial charge is 0.150 e. The molecule has 0 aliphatic heterocycles. The van der Waals surface area contributed by atoms with Crippen LogP contribution in [0.1, 0.15) is 18.9 Å². The van der Waals surface area contributed by atoms with Gasteiger partial charge in [-0.15, -0.1) is 0 Å². The van der Waals surface area contributed by atoms with E-state index in [-0.39, 0.29) is 17.1 Å². The lowest BCUT2D eigenvalue weighted by atomic mass is 10.2. The molecule has 0 fully saturated rings. The van der Waals surface area contributed by atoms with Gasteiger partial charge < -0.3 is 5.32 Å². The average molecular weight is 270 g/mol. The molecule has 0 radical (unpaired) electrons. The number of nitriles is 1. The van der Waals surface area contributed by atoms with E-state index < -0.39 is 15.7 Å². The lowest BCUT2D eigenvalue weighted by molar-refractivity contribution is 0.595. The molecule has 0 heterocycles. The standard InChI is InChI=1S/C12H15FN2O2S/c1-2-18(16,17)7-3-6-15-11-4-5-12(13)10(8-11)9-14/h4-5,8,15H,2-3,6-7H2,1H3. The average Bonchev–Trinajstić information content (AvgIpc) is 2.36. The molecule has 6 heteroatoms. The number of benzene rings is 1. The zero-order valence-corrected chi connectivity index (χ0v) is 10.9. The third-order valence-electron chi connectivity index (χ3n) is 2.49. The third kappa shape index (κ3) is 4.34. The molecule has 0 aliphatic rings. The molecule has 4 nitrogen and oxygen atoms in total. The zero-order valence-electron chi connectivity index (χ0n) is 10.1. The molecule has 0 unspecified atom stereocenters. The van der Waals surface area contributed by atoms with E-state index in [2.05, 4.69) is 5.32 Å². The Morgan fingerprint density at radius 2 is 2.17 bits per heavy atom. The Balaban J connectivity index is 2.48. The summed E-state index contributed by atoms with van der Waals surface area (Å²) in [5.41, 5.74) is 0.586. The maximum atomic E-state index is 13.0. The molecule has 98 valence electrons.